The molecule has 0 aromatic heterocycles. The van der Waals surface area contributed by atoms with Gasteiger partial charge >= 0.3 is 12.2 Å². The number of methoxy groups -OCH3 is 3. The number of alkyl halides is 3. The Morgan fingerprint density at radius 1 is 1.00 bits per heavy atom. The Bertz CT molecular complexity index is 1430. The van der Waals surface area contributed by atoms with E-state index in [0.29, 0.717) is 48.1 Å². The molecule has 11 heteroatoms. The minimum atomic E-state index is -4.57. The number of nitrogen functional groups attached to an aromatic ring is 1. The van der Waals surface area contributed by atoms with Crippen LogP contribution in [-0.4, -0.2) is 57.6 Å². The Morgan fingerprint density at radius 3 is 2.36 bits per heavy atom. The lowest BCUT2D eigenvalue weighted by molar-refractivity contribution is -0.149. The van der Waals surface area contributed by atoms with Crippen LogP contribution in [0.5, 0.6) is 23.0 Å². The van der Waals surface area contributed by atoms with Crippen LogP contribution in [0.1, 0.15) is 40.8 Å². The molecule has 0 bridgehead atoms. The summed E-state index contributed by atoms with van der Waals surface area (Å²) in [6.45, 7) is 3.32. The van der Waals surface area contributed by atoms with Crippen molar-refractivity contribution in [2.24, 2.45) is 0 Å². The van der Waals surface area contributed by atoms with Crippen molar-refractivity contribution in [2.75, 3.05) is 40.2 Å². The number of hydrogen-bond donors (Lipinski definition) is 2. The van der Waals surface area contributed by atoms with Gasteiger partial charge in [-0.1, -0.05) is 12.1 Å². The SMILES string of the molecule is COc1ccc(C2c3cc(OCCc4ccc(OC)c(N)c4)c(OC)cc3CCN2C(=O)N[C@@H](C)C(F)(F)F)c(C)c1. The molecule has 3 N–H and O–H groups in total. The highest BCUT2D eigenvalue weighted by Crippen LogP contribution is 2.42. The molecule has 0 aliphatic carbocycles. The number of carbonyl (C=O) groups is 1. The van der Waals surface area contributed by atoms with E-state index in [2.05, 4.69) is 5.32 Å². The van der Waals surface area contributed by atoms with Crippen molar-refractivity contribution in [1.29, 1.82) is 0 Å². The standard InChI is InChI=1S/C31H36F3N3O5/c1-18-14-22(39-3)7-8-23(18)29-24-17-28(42-13-11-20-6-9-26(40-4)25(35)15-20)27(41-5)16-21(24)10-12-37(29)30(38)36-19(2)31(32,33)34/h6-9,14-17,19,29H,10-13,35H2,1-5H3,(H,36,38)/t19-,29?/m0/s1. The average Bonchev–Trinajstić information content (AvgIpc) is 2.95. The number of rotatable bonds is 9. The minimum absolute atomic E-state index is 0.210. The third-order valence-electron chi connectivity index (χ3n) is 7.46. The Morgan fingerprint density at radius 2 is 1.74 bits per heavy atom. The van der Waals surface area contributed by atoms with E-state index >= 15 is 0 Å². The van der Waals surface area contributed by atoms with E-state index in [1.165, 1.54) is 4.90 Å². The van der Waals surface area contributed by atoms with E-state index in [1.54, 1.807) is 33.5 Å². The van der Waals surface area contributed by atoms with Crippen LogP contribution in [0.15, 0.2) is 48.5 Å². The molecule has 4 rings (SSSR count). The predicted molar refractivity (Wildman–Crippen MR) is 154 cm³/mol. The molecule has 3 aromatic carbocycles. The van der Waals surface area contributed by atoms with E-state index < -0.39 is 24.3 Å². The minimum Gasteiger partial charge on any atom is -0.497 e. The predicted octanol–water partition coefficient (Wildman–Crippen LogP) is 5.83. The van der Waals surface area contributed by atoms with Gasteiger partial charge in [0.05, 0.1) is 39.7 Å². The van der Waals surface area contributed by atoms with Crippen LogP contribution in [0, 0.1) is 6.92 Å². The summed E-state index contributed by atoms with van der Waals surface area (Å²) < 4.78 is 62.4. The van der Waals surface area contributed by atoms with Gasteiger partial charge in [-0.2, -0.15) is 13.2 Å². The topological polar surface area (TPSA) is 95.3 Å². The molecule has 42 heavy (non-hydrogen) atoms. The summed E-state index contributed by atoms with van der Waals surface area (Å²) in [7, 11) is 4.66. The van der Waals surface area contributed by atoms with Gasteiger partial charge in [-0.15, -0.1) is 0 Å². The number of nitrogens with one attached hydrogen (secondary N) is 1. The van der Waals surface area contributed by atoms with Crippen molar-refractivity contribution >= 4 is 11.7 Å². The molecule has 2 atom stereocenters. The second-order valence-electron chi connectivity index (χ2n) is 10.2. The van der Waals surface area contributed by atoms with Gasteiger partial charge in [0.2, 0.25) is 0 Å². The normalized spacial score (nSPS) is 15.4. The largest absolute Gasteiger partial charge is 0.497 e. The maximum absolute atomic E-state index is 13.3. The third-order valence-corrected chi connectivity index (χ3v) is 7.46. The van der Waals surface area contributed by atoms with Gasteiger partial charge in [0.25, 0.3) is 0 Å². The molecule has 0 radical (unpaired) electrons. The summed E-state index contributed by atoms with van der Waals surface area (Å²) in [5, 5.41) is 2.13. The Labute approximate surface area is 243 Å². The van der Waals surface area contributed by atoms with Crippen LogP contribution in [-0.2, 0) is 12.8 Å². The summed E-state index contributed by atoms with van der Waals surface area (Å²) in [5.41, 5.74) is 10.8. The lowest BCUT2D eigenvalue weighted by Crippen LogP contribution is -2.52. The molecule has 0 saturated carbocycles. The average molecular weight is 588 g/mol. The second kappa shape index (κ2) is 12.7. The number of nitrogens with two attached hydrogens (primary N) is 1. The Kier molecular flexibility index (Phi) is 9.28. The molecule has 1 aliphatic heterocycles. The molecule has 226 valence electrons. The number of aryl methyl sites for hydroxylation is 1. The number of amides is 2. The van der Waals surface area contributed by atoms with Crippen LogP contribution in [0.2, 0.25) is 0 Å². The summed E-state index contributed by atoms with van der Waals surface area (Å²) in [4.78, 5) is 14.7. The zero-order chi connectivity index (χ0) is 30.6. The van der Waals surface area contributed by atoms with Gasteiger partial charge in [0, 0.05) is 13.0 Å². The van der Waals surface area contributed by atoms with Gasteiger partial charge in [-0.3, -0.25) is 0 Å². The maximum Gasteiger partial charge on any atom is 0.408 e. The molecule has 8 nitrogen and oxygen atoms in total. The van der Waals surface area contributed by atoms with E-state index in [0.717, 1.165) is 34.7 Å². The first-order chi connectivity index (χ1) is 20.0. The van der Waals surface area contributed by atoms with Gasteiger partial charge in [0.15, 0.2) is 11.5 Å². The Hall–Kier alpha value is -4.28. The fourth-order valence-electron chi connectivity index (χ4n) is 5.10. The first-order valence-electron chi connectivity index (χ1n) is 13.5. The van der Waals surface area contributed by atoms with Crippen LogP contribution < -0.4 is 30.0 Å². The highest BCUT2D eigenvalue weighted by atomic mass is 19.4. The smallest absolute Gasteiger partial charge is 0.408 e. The highest BCUT2D eigenvalue weighted by Gasteiger charge is 2.40. The lowest BCUT2D eigenvalue weighted by atomic mass is 9.86. The molecule has 1 aliphatic rings. The van der Waals surface area contributed by atoms with Gasteiger partial charge in [-0.05, 0) is 84.5 Å². The number of hydrogen-bond acceptors (Lipinski definition) is 6. The van der Waals surface area contributed by atoms with E-state index in [1.807, 2.05) is 43.3 Å². The van der Waals surface area contributed by atoms with Crippen molar-refractivity contribution in [2.45, 2.75) is 44.9 Å². The summed E-state index contributed by atoms with van der Waals surface area (Å²) in [6.07, 6.45) is -3.59. The molecule has 0 saturated heterocycles. The van der Waals surface area contributed by atoms with Crippen molar-refractivity contribution in [3.63, 3.8) is 0 Å². The molecular formula is C31H36F3N3O5. The van der Waals surface area contributed by atoms with E-state index in [-0.39, 0.29) is 6.54 Å². The zero-order valence-electron chi connectivity index (χ0n) is 24.3. The fraction of sp³-hybridized carbons (Fsp3) is 0.387. The van der Waals surface area contributed by atoms with Crippen molar-refractivity contribution in [3.05, 3.63) is 76.3 Å². The number of urea groups is 1. The van der Waals surface area contributed by atoms with Crippen molar-refractivity contribution < 1.29 is 36.9 Å². The number of ether oxygens (including phenoxy) is 4. The molecule has 1 heterocycles. The zero-order valence-corrected chi connectivity index (χ0v) is 24.3. The van der Waals surface area contributed by atoms with Gasteiger partial charge in [0.1, 0.15) is 17.5 Å². The van der Waals surface area contributed by atoms with Gasteiger partial charge in [-0.25, -0.2) is 4.79 Å². The van der Waals surface area contributed by atoms with Crippen LogP contribution in [0.3, 0.4) is 0 Å². The number of benzene rings is 3. The number of anilines is 1. The summed E-state index contributed by atoms with van der Waals surface area (Å²) >= 11 is 0. The highest BCUT2D eigenvalue weighted by molar-refractivity contribution is 5.77. The number of carbonyl (C=O) groups excluding carboxylic acids is 1. The second-order valence-corrected chi connectivity index (χ2v) is 10.2. The Balaban J connectivity index is 1.69. The monoisotopic (exact) mass is 587 g/mol. The lowest BCUT2D eigenvalue weighted by Gasteiger charge is -2.39. The summed E-state index contributed by atoms with van der Waals surface area (Å²) in [5.74, 6) is 2.21. The van der Waals surface area contributed by atoms with Crippen LogP contribution in [0.4, 0.5) is 23.7 Å². The number of fused-ring (bicyclic) bond motifs is 1. The van der Waals surface area contributed by atoms with Crippen molar-refractivity contribution in [3.8, 4) is 23.0 Å². The molecule has 0 fully saturated rings. The molecular weight excluding hydrogens is 551 g/mol. The van der Waals surface area contributed by atoms with Gasteiger partial charge < -0.3 is 34.9 Å². The summed E-state index contributed by atoms with van der Waals surface area (Å²) in [6, 6.07) is 11.2. The first kappa shape index (κ1) is 30.7. The van der Waals surface area contributed by atoms with E-state index in [4.69, 9.17) is 24.7 Å². The van der Waals surface area contributed by atoms with Crippen LogP contribution in [0.25, 0.3) is 0 Å². The maximum atomic E-state index is 13.3. The molecule has 1 unspecified atom stereocenters. The molecule has 2 amide bonds. The van der Waals surface area contributed by atoms with Crippen LogP contribution >= 0.6 is 0 Å². The quantitative estimate of drug-likeness (QED) is 0.306. The molecule has 0 spiro atoms. The molecule has 3 aromatic rings. The fourth-order valence-corrected chi connectivity index (χ4v) is 5.10. The number of nitrogens with zero attached hydrogens (tertiary/aromatic N) is 1. The first-order valence-corrected chi connectivity index (χ1v) is 13.5. The number of halogens is 3. The third kappa shape index (κ3) is 6.61. The van der Waals surface area contributed by atoms with Crippen molar-refractivity contribution in [1.82, 2.24) is 10.2 Å². The van der Waals surface area contributed by atoms with E-state index in [9.17, 15) is 18.0 Å².